The van der Waals surface area contributed by atoms with Crippen molar-refractivity contribution in [1.82, 2.24) is 4.90 Å². The minimum absolute atomic E-state index is 0.0139. The molecule has 3 atom stereocenters. The van der Waals surface area contributed by atoms with E-state index in [1.165, 1.54) is 0 Å². The summed E-state index contributed by atoms with van der Waals surface area (Å²) in [5.41, 5.74) is 0.779. The van der Waals surface area contributed by atoms with E-state index in [0.717, 1.165) is 37.0 Å². The largest absolute Gasteiger partial charge is 0.496 e. The van der Waals surface area contributed by atoms with E-state index in [0.29, 0.717) is 24.3 Å². The fourth-order valence-electron chi connectivity index (χ4n) is 5.18. The molecule has 0 aromatic heterocycles. The van der Waals surface area contributed by atoms with Gasteiger partial charge in [0.2, 0.25) is 0 Å². The maximum absolute atomic E-state index is 13.7. The molecule has 154 valence electrons. The van der Waals surface area contributed by atoms with Crippen molar-refractivity contribution >= 4 is 5.91 Å². The molecule has 0 unspecified atom stereocenters. The summed E-state index contributed by atoms with van der Waals surface area (Å²) < 4.78 is 11.1. The van der Waals surface area contributed by atoms with E-state index < -0.39 is 5.60 Å². The second kappa shape index (κ2) is 8.07. The van der Waals surface area contributed by atoms with Gasteiger partial charge in [-0.05, 0) is 37.5 Å². The van der Waals surface area contributed by atoms with Crippen LogP contribution in [0.3, 0.4) is 0 Å². The number of carbonyl (C=O) groups excluding carboxylic acids is 1. The van der Waals surface area contributed by atoms with E-state index in [9.17, 15) is 9.90 Å². The topological polar surface area (TPSA) is 59.0 Å². The number of ether oxygens (including phenoxy) is 2. The SMILES string of the molecule is COc1ccccc1C(=O)N1CC[C@@]2(O)CCCC[C@H]2[C@H]1c1ccccc1OC. The number of fused-ring (bicyclic) bond motifs is 1. The Morgan fingerprint density at radius 3 is 2.45 bits per heavy atom. The summed E-state index contributed by atoms with van der Waals surface area (Å²) in [6.07, 6.45) is 4.39. The predicted molar refractivity (Wildman–Crippen MR) is 111 cm³/mol. The fourth-order valence-corrected chi connectivity index (χ4v) is 5.18. The Hall–Kier alpha value is -2.53. The molecule has 1 amide bonds. The smallest absolute Gasteiger partial charge is 0.258 e. The van der Waals surface area contributed by atoms with Crippen LogP contribution in [-0.4, -0.2) is 42.3 Å². The van der Waals surface area contributed by atoms with Gasteiger partial charge in [0.15, 0.2) is 0 Å². The van der Waals surface area contributed by atoms with E-state index in [2.05, 4.69) is 0 Å². The number of benzene rings is 2. The monoisotopic (exact) mass is 395 g/mol. The number of rotatable bonds is 4. The first-order chi connectivity index (χ1) is 14.1. The Labute approximate surface area is 172 Å². The number of aliphatic hydroxyl groups is 1. The van der Waals surface area contributed by atoms with Crippen molar-refractivity contribution in [2.75, 3.05) is 20.8 Å². The average Bonchev–Trinajstić information content (AvgIpc) is 2.77. The summed E-state index contributed by atoms with van der Waals surface area (Å²) in [5, 5.41) is 11.5. The van der Waals surface area contributed by atoms with Crippen LogP contribution in [0.15, 0.2) is 48.5 Å². The van der Waals surface area contributed by atoms with Crippen LogP contribution < -0.4 is 9.47 Å². The molecule has 2 aromatic rings. The Kier molecular flexibility index (Phi) is 5.50. The maximum Gasteiger partial charge on any atom is 0.258 e. The van der Waals surface area contributed by atoms with Crippen LogP contribution in [0.1, 0.15) is 54.1 Å². The second-order valence-corrected chi connectivity index (χ2v) is 8.09. The molecule has 2 aliphatic rings. The van der Waals surface area contributed by atoms with Crippen molar-refractivity contribution in [3.8, 4) is 11.5 Å². The zero-order chi connectivity index (χ0) is 20.4. The van der Waals surface area contributed by atoms with Gasteiger partial charge in [0.05, 0.1) is 31.4 Å². The highest BCUT2D eigenvalue weighted by atomic mass is 16.5. The Balaban J connectivity index is 1.80. The van der Waals surface area contributed by atoms with Gasteiger partial charge in [-0.2, -0.15) is 0 Å². The van der Waals surface area contributed by atoms with Crippen LogP contribution in [0.4, 0.5) is 0 Å². The van der Waals surface area contributed by atoms with Gasteiger partial charge >= 0.3 is 0 Å². The number of hydrogen-bond acceptors (Lipinski definition) is 4. The summed E-state index contributed by atoms with van der Waals surface area (Å²) in [5.74, 6) is 1.25. The molecule has 0 bridgehead atoms. The van der Waals surface area contributed by atoms with Gasteiger partial charge in [-0.15, -0.1) is 0 Å². The van der Waals surface area contributed by atoms with E-state index in [1.54, 1.807) is 14.2 Å². The summed E-state index contributed by atoms with van der Waals surface area (Å²) in [6.45, 7) is 0.507. The van der Waals surface area contributed by atoms with Gasteiger partial charge in [0, 0.05) is 18.0 Å². The van der Waals surface area contributed by atoms with Crippen molar-refractivity contribution < 1.29 is 19.4 Å². The second-order valence-electron chi connectivity index (χ2n) is 8.09. The molecule has 5 nitrogen and oxygen atoms in total. The molecule has 2 fully saturated rings. The third-order valence-corrected chi connectivity index (χ3v) is 6.62. The molecule has 29 heavy (non-hydrogen) atoms. The molecular weight excluding hydrogens is 366 g/mol. The fraction of sp³-hybridized carbons (Fsp3) is 0.458. The number of amides is 1. The Morgan fingerprint density at radius 2 is 1.69 bits per heavy atom. The van der Waals surface area contributed by atoms with Crippen LogP contribution in [0.2, 0.25) is 0 Å². The van der Waals surface area contributed by atoms with E-state index >= 15 is 0 Å². The molecule has 0 spiro atoms. The lowest BCUT2D eigenvalue weighted by Gasteiger charge is -2.52. The predicted octanol–water partition coefficient (Wildman–Crippen LogP) is 4.21. The van der Waals surface area contributed by atoms with E-state index in [-0.39, 0.29) is 17.9 Å². The molecule has 1 saturated heterocycles. The summed E-state index contributed by atoms with van der Waals surface area (Å²) >= 11 is 0. The quantitative estimate of drug-likeness (QED) is 0.842. The van der Waals surface area contributed by atoms with Crippen molar-refractivity contribution in [1.29, 1.82) is 0 Å². The van der Waals surface area contributed by atoms with Gasteiger partial charge < -0.3 is 19.5 Å². The van der Waals surface area contributed by atoms with E-state index in [4.69, 9.17) is 9.47 Å². The number of para-hydroxylation sites is 2. The summed E-state index contributed by atoms with van der Waals surface area (Å²) in [6, 6.07) is 15.0. The molecule has 5 heteroatoms. The third kappa shape index (κ3) is 3.48. The third-order valence-electron chi connectivity index (χ3n) is 6.62. The molecule has 1 aliphatic heterocycles. The standard InChI is InChI=1S/C24H29NO4/c1-28-20-12-5-3-9-17(20)22-19-11-7-8-14-24(19,27)15-16-25(22)23(26)18-10-4-6-13-21(18)29-2/h3-6,9-10,12-13,19,22,27H,7-8,11,14-16H2,1-2H3/t19-,22+,24-/m0/s1. The Bertz CT molecular complexity index is 883. The zero-order valence-corrected chi connectivity index (χ0v) is 17.1. The highest BCUT2D eigenvalue weighted by Gasteiger charge is 2.51. The van der Waals surface area contributed by atoms with Gasteiger partial charge in [0.1, 0.15) is 11.5 Å². The lowest BCUT2D eigenvalue weighted by molar-refractivity contribution is -0.115. The number of carbonyl (C=O) groups is 1. The molecule has 1 heterocycles. The van der Waals surface area contributed by atoms with Crippen LogP contribution in [0, 0.1) is 5.92 Å². The van der Waals surface area contributed by atoms with E-state index in [1.807, 2.05) is 53.4 Å². The number of hydrogen-bond donors (Lipinski definition) is 1. The summed E-state index contributed by atoms with van der Waals surface area (Å²) in [4.78, 5) is 15.6. The molecule has 2 aromatic carbocycles. The Morgan fingerprint density at radius 1 is 1.00 bits per heavy atom. The van der Waals surface area contributed by atoms with Crippen molar-refractivity contribution in [3.05, 3.63) is 59.7 Å². The van der Waals surface area contributed by atoms with Crippen LogP contribution >= 0.6 is 0 Å². The van der Waals surface area contributed by atoms with Crippen LogP contribution in [0.25, 0.3) is 0 Å². The van der Waals surface area contributed by atoms with Crippen molar-refractivity contribution in [2.24, 2.45) is 5.92 Å². The first kappa shape index (κ1) is 19.8. The highest BCUT2D eigenvalue weighted by Crippen LogP contribution is 2.51. The van der Waals surface area contributed by atoms with Crippen molar-refractivity contribution in [3.63, 3.8) is 0 Å². The molecule has 4 rings (SSSR count). The molecule has 1 saturated carbocycles. The average molecular weight is 395 g/mol. The highest BCUT2D eigenvalue weighted by molar-refractivity contribution is 5.97. The number of methoxy groups -OCH3 is 2. The number of piperidine rings is 1. The lowest BCUT2D eigenvalue weighted by atomic mass is 9.66. The summed E-state index contributed by atoms with van der Waals surface area (Å²) in [7, 11) is 3.24. The normalized spacial score (nSPS) is 26.5. The van der Waals surface area contributed by atoms with Gasteiger partial charge in [-0.3, -0.25) is 4.79 Å². The minimum atomic E-state index is -0.735. The maximum atomic E-state index is 13.7. The lowest BCUT2D eigenvalue weighted by Crippen LogP contribution is -2.56. The van der Waals surface area contributed by atoms with Crippen molar-refractivity contribution in [2.45, 2.75) is 43.7 Å². The number of nitrogens with zero attached hydrogens (tertiary/aromatic N) is 1. The molecule has 1 aliphatic carbocycles. The molecule has 0 radical (unpaired) electrons. The molecule has 1 N–H and O–H groups in total. The van der Waals surface area contributed by atoms with Gasteiger partial charge in [-0.1, -0.05) is 43.2 Å². The van der Waals surface area contributed by atoms with Crippen LogP contribution in [-0.2, 0) is 0 Å². The van der Waals surface area contributed by atoms with Gasteiger partial charge in [-0.25, -0.2) is 0 Å². The van der Waals surface area contributed by atoms with Crippen LogP contribution in [0.5, 0.6) is 11.5 Å². The van der Waals surface area contributed by atoms with Gasteiger partial charge in [0.25, 0.3) is 5.91 Å². The number of likely N-dealkylation sites (tertiary alicyclic amines) is 1. The molecular formula is C24H29NO4. The first-order valence-electron chi connectivity index (χ1n) is 10.4. The zero-order valence-electron chi connectivity index (χ0n) is 17.1. The minimum Gasteiger partial charge on any atom is -0.496 e. The first-order valence-corrected chi connectivity index (χ1v) is 10.4.